The Morgan fingerprint density at radius 2 is 1.74 bits per heavy atom. The first-order valence-electron chi connectivity index (χ1n) is 31.9. The van der Waals surface area contributed by atoms with E-state index in [9.17, 15) is 43.5 Å². The molecule has 2 saturated heterocycles. The number of carbonyl (C=O) groups excluding carboxylic acids is 8. The van der Waals surface area contributed by atoms with Crippen LogP contribution < -0.4 is 30.3 Å². The number of methoxy groups -OCH3 is 2. The smallest absolute Gasteiger partial charge is 0.413 e. The number of nitrogens with one attached hydrogen (secondary N) is 3. The van der Waals surface area contributed by atoms with Crippen LogP contribution in [0.4, 0.5) is 24.9 Å². The van der Waals surface area contributed by atoms with Gasteiger partial charge in [-0.15, -0.1) is 0 Å². The molecule has 0 saturated carbocycles. The normalized spacial score (nSPS) is 25.2. The number of aryl methyl sites for hydroxylation is 1. The Morgan fingerprint density at radius 1 is 0.989 bits per heavy atom. The van der Waals surface area contributed by atoms with Crippen LogP contribution in [0, 0.1) is 11.8 Å². The number of ether oxygens (including phenoxy) is 7. The highest BCUT2D eigenvalue weighted by atomic mass is 35.5. The van der Waals surface area contributed by atoms with Gasteiger partial charge in [-0.1, -0.05) is 112 Å². The average Bonchev–Trinajstić information content (AvgIpc) is 1.57. The molecular weight excluding hydrogens is 1230 g/mol. The summed E-state index contributed by atoms with van der Waals surface area (Å²) in [5, 5.41) is 20.2. The van der Waals surface area contributed by atoms with Gasteiger partial charge in [-0.25, -0.2) is 19.2 Å². The van der Waals surface area contributed by atoms with Crippen LogP contribution in [0.15, 0.2) is 66.3 Å². The van der Waals surface area contributed by atoms with E-state index in [-0.39, 0.29) is 73.3 Å². The number of epoxide rings is 1. The van der Waals surface area contributed by atoms with Crippen LogP contribution in [0.25, 0.3) is 0 Å². The third-order valence-electron chi connectivity index (χ3n) is 17.7. The van der Waals surface area contributed by atoms with E-state index in [2.05, 4.69) is 35.9 Å². The molecule has 2 aromatic rings. The number of rotatable bonds is 23. The van der Waals surface area contributed by atoms with Crippen LogP contribution in [0.1, 0.15) is 135 Å². The largest absolute Gasteiger partial charge is 0.495 e. The van der Waals surface area contributed by atoms with E-state index in [0.29, 0.717) is 47.2 Å². The maximum atomic E-state index is 14.5. The summed E-state index contributed by atoms with van der Waals surface area (Å²) in [6.07, 6.45) is 11.3. The van der Waals surface area contributed by atoms with Crippen LogP contribution in [0.2, 0.25) is 5.02 Å². The standard InChI is InChI=1S/C67H96ClN7O16S/c1-13-21-45(14-2)40-69-56(76)29-27-48-35-46(26-28-51(48)88-62(80)70-49-23-18-16-15-17-19-24-49)41-87-64(82)72(7)31-32-73(8)65(83)92-33-30-57(77)74(9)44(5)61(79)90-55-38-58(78)75(10)50-36-47(37-52(85-11)59(50)68)34-42(3)22-20-25-54(86-12)67(84)39-53(89-63(81)71-67)43(4)60-66(55,6)91-60/h18,20,22-23,25-26,28,35-37,43-45,49,53-55,60,84H,13-17,19,21,24,27,29-34,38-41H2,1-12H3,(H,69,76)(H,70,80)(H,71,81)/b23-18+,25-20+,42-22+/t43-,44+,45?,49?,53+,54-,55+,60+,66+,67+/m1/s1. The van der Waals surface area contributed by atoms with E-state index in [1.54, 1.807) is 70.4 Å². The summed E-state index contributed by atoms with van der Waals surface area (Å²) in [7, 11) is 8.96. The van der Waals surface area contributed by atoms with E-state index in [1.165, 1.54) is 54.8 Å². The Hall–Kier alpha value is -6.86. The van der Waals surface area contributed by atoms with Crippen molar-refractivity contribution in [3.63, 3.8) is 0 Å². The Morgan fingerprint density at radius 3 is 2.46 bits per heavy atom. The molecule has 4 N–H and O–H groups in total. The van der Waals surface area contributed by atoms with Crippen LogP contribution in [-0.4, -0.2) is 183 Å². The molecule has 2 aromatic carbocycles. The summed E-state index contributed by atoms with van der Waals surface area (Å²) in [5.41, 5.74) is -0.0217. The molecule has 0 radical (unpaired) electrons. The minimum Gasteiger partial charge on any atom is -0.495 e. The van der Waals surface area contributed by atoms with Crippen LogP contribution >= 0.6 is 23.4 Å². The zero-order chi connectivity index (χ0) is 67.5. The van der Waals surface area contributed by atoms with Gasteiger partial charge in [-0.05, 0) is 106 Å². The summed E-state index contributed by atoms with van der Waals surface area (Å²) >= 11 is 7.74. The average molecular weight is 1320 g/mol. The van der Waals surface area contributed by atoms with Gasteiger partial charge in [0.2, 0.25) is 17.7 Å². The number of anilines is 1. The molecule has 3 heterocycles. The first kappa shape index (κ1) is 74.2. The van der Waals surface area contributed by atoms with Gasteiger partial charge in [0, 0.05) is 85.9 Å². The van der Waals surface area contributed by atoms with Crippen LogP contribution in [0.5, 0.6) is 11.5 Å². The molecule has 25 heteroatoms. The van der Waals surface area contributed by atoms with Gasteiger partial charge in [0.05, 0.1) is 31.4 Å². The highest BCUT2D eigenvalue weighted by molar-refractivity contribution is 8.13. The number of halogens is 1. The summed E-state index contributed by atoms with van der Waals surface area (Å²) in [6, 6.07) is 7.30. The molecule has 6 rings (SSSR count). The van der Waals surface area contributed by atoms with Gasteiger partial charge in [-0.3, -0.25) is 24.5 Å². The van der Waals surface area contributed by atoms with Crippen LogP contribution in [0.3, 0.4) is 0 Å². The minimum atomic E-state index is -1.90. The first-order chi connectivity index (χ1) is 43.7. The fourth-order valence-corrected chi connectivity index (χ4v) is 12.6. The monoisotopic (exact) mass is 1320 g/mol. The van der Waals surface area contributed by atoms with Crippen LogP contribution in [-0.2, 0) is 62.3 Å². The van der Waals surface area contributed by atoms with Crippen molar-refractivity contribution in [2.24, 2.45) is 11.8 Å². The molecule has 1 aliphatic carbocycles. The summed E-state index contributed by atoms with van der Waals surface area (Å²) in [6.45, 7) is 11.8. The van der Waals surface area contributed by atoms with Crippen molar-refractivity contribution in [1.29, 1.82) is 0 Å². The van der Waals surface area contributed by atoms with Gasteiger partial charge >= 0.3 is 24.2 Å². The lowest BCUT2D eigenvalue weighted by Crippen LogP contribution is -2.63. The molecule has 10 atom stereocenters. The van der Waals surface area contributed by atoms with Crippen molar-refractivity contribution in [3.8, 4) is 11.5 Å². The topological polar surface area (TPSA) is 274 Å². The molecule has 2 unspecified atom stereocenters. The van der Waals surface area contributed by atoms with Crippen molar-refractivity contribution in [2.45, 2.75) is 186 Å². The van der Waals surface area contributed by atoms with Gasteiger partial charge in [0.1, 0.15) is 53.1 Å². The predicted molar refractivity (Wildman–Crippen MR) is 351 cm³/mol. The SMILES string of the molecule is CCCC(CC)CNC(=O)CCc1cc(COC(=O)N(C)CCN(C)C(=O)SCCC(=O)N(C)[C@@H](C)C(=O)O[C@H]2CC(=O)N(C)c3cc(cc(OC)c3Cl)C/C(C)=C/C=C/[C@@H](OC)[C@@]3(O)C[C@H](OC(=O)N3)[C@@H](C)[C@@H]3O[C@@]23C)ccc1OC(=O)NC1/C=C/CCCCC1. The number of fused-ring (bicyclic) bond motifs is 5. The number of hydrogen-bond donors (Lipinski definition) is 4. The number of alkyl carbamates (subject to hydrolysis) is 1. The van der Waals surface area contributed by atoms with Crippen molar-refractivity contribution in [1.82, 2.24) is 30.7 Å². The number of carbonyl (C=O) groups is 8. The highest BCUT2D eigenvalue weighted by Crippen LogP contribution is 2.49. The third-order valence-corrected chi connectivity index (χ3v) is 19.0. The molecule has 4 bridgehead atoms. The molecule has 0 spiro atoms. The Bertz CT molecular complexity index is 3020. The molecule has 2 fully saturated rings. The Balaban J connectivity index is 1.03. The second-order valence-corrected chi connectivity index (χ2v) is 26.1. The number of nitrogens with zero attached hydrogens (tertiary/aromatic N) is 4. The number of aliphatic hydroxyl groups is 1. The third kappa shape index (κ3) is 20.8. The van der Waals surface area contributed by atoms with E-state index in [0.717, 1.165) is 74.3 Å². The summed E-state index contributed by atoms with van der Waals surface area (Å²) in [4.78, 5) is 113. The lowest BCUT2D eigenvalue weighted by molar-refractivity contribution is -0.162. The van der Waals surface area contributed by atoms with Gasteiger partial charge in [0.15, 0.2) is 5.72 Å². The van der Waals surface area contributed by atoms with Gasteiger partial charge < -0.3 is 68.5 Å². The van der Waals surface area contributed by atoms with Crippen molar-refractivity contribution in [2.75, 3.05) is 72.7 Å². The molecule has 0 aromatic heterocycles. The maximum absolute atomic E-state index is 14.5. The van der Waals surface area contributed by atoms with Gasteiger partial charge in [0.25, 0.3) is 5.24 Å². The summed E-state index contributed by atoms with van der Waals surface area (Å²) < 4.78 is 41.0. The Labute approximate surface area is 550 Å². The number of likely N-dealkylation sites (N-methyl/N-ethyl adjacent to an activating group) is 3. The van der Waals surface area contributed by atoms with E-state index in [4.69, 9.17) is 44.8 Å². The summed E-state index contributed by atoms with van der Waals surface area (Å²) in [5.74, 6) is -1.48. The molecule has 23 nitrogen and oxygen atoms in total. The molecule has 3 aliphatic heterocycles. The second kappa shape index (κ2) is 34.9. The number of thioether (sulfide) groups is 1. The van der Waals surface area contributed by atoms with E-state index >= 15 is 0 Å². The van der Waals surface area contributed by atoms with Crippen molar-refractivity contribution in [3.05, 3.63) is 88.0 Å². The number of esters is 1. The molecular formula is C67H96ClN7O16S. The number of amides is 7. The van der Waals surface area contributed by atoms with E-state index in [1.807, 2.05) is 19.1 Å². The maximum Gasteiger partial charge on any atom is 0.413 e. The number of benzene rings is 2. The first-order valence-corrected chi connectivity index (χ1v) is 33.2. The fraction of sp³-hybridized carbons (Fsp3) is 0.612. The fourth-order valence-electron chi connectivity index (χ4n) is 11.5. The quantitative estimate of drug-likeness (QED) is 0.0349. The number of allylic oxidation sites excluding steroid dienone is 4. The molecule has 508 valence electrons. The lowest BCUT2D eigenvalue weighted by atomic mass is 9.83. The Kier molecular flexibility index (Phi) is 28.1. The lowest BCUT2D eigenvalue weighted by Gasteiger charge is -2.42. The highest BCUT2D eigenvalue weighted by Gasteiger charge is 2.64. The predicted octanol–water partition coefficient (Wildman–Crippen LogP) is 9.81. The minimum absolute atomic E-state index is 0.0560. The van der Waals surface area contributed by atoms with Gasteiger partial charge in [-0.2, -0.15) is 0 Å². The second-order valence-electron chi connectivity index (χ2n) is 24.7. The molecule has 92 heavy (non-hydrogen) atoms. The number of hydrogen-bond acceptors (Lipinski definition) is 17. The van der Waals surface area contributed by atoms with E-state index < -0.39 is 90.2 Å². The molecule has 4 aliphatic rings. The zero-order valence-corrected chi connectivity index (χ0v) is 57.0. The van der Waals surface area contributed by atoms with Crippen molar-refractivity contribution >= 4 is 76.3 Å². The van der Waals surface area contributed by atoms with Crippen molar-refractivity contribution < 1.29 is 76.6 Å². The zero-order valence-electron chi connectivity index (χ0n) is 55.5. The molecule has 7 amide bonds.